The number of rotatable bonds is 6. The van der Waals surface area contributed by atoms with Crippen LogP contribution in [0.1, 0.15) is 37.6 Å². The molecule has 0 bridgehead atoms. The average molecular weight is 389 g/mol. The van der Waals surface area contributed by atoms with Gasteiger partial charge >= 0.3 is 5.63 Å². The van der Waals surface area contributed by atoms with Crippen LogP contribution in [-0.4, -0.2) is 9.90 Å². The Labute approximate surface area is 168 Å². The van der Waals surface area contributed by atoms with Gasteiger partial charge in [-0.1, -0.05) is 50.1 Å². The molecule has 0 N–H and O–H groups in total. The van der Waals surface area contributed by atoms with Crippen LogP contribution in [0.4, 0.5) is 0 Å². The molecule has 148 valence electrons. The van der Waals surface area contributed by atoms with E-state index in [0.717, 1.165) is 40.8 Å². The number of aromatic nitrogens is 3. The molecule has 0 atom stereocenters. The zero-order chi connectivity index (χ0) is 20.4. The topological polar surface area (TPSA) is 75.0 Å². The first-order valence-corrected chi connectivity index (χ1v) is 9.90. The van der Waals surface area contributed by atoms with Crippen molar-refractivity contribution < 1.29 is 9.26 Å². The fourth-order valence-electron chi connectivity index (χ4n) is 3.52. The zero-order valence-corrected chi connectivity index (χ0v) is 16.6. The van der Waals surface area contributed by atoms with Gasteiger partial charge in [0.05, 0.1) is 5.56 Å². The molecule has 0 spiro atoms. The predicted octanol–water partition coefficient (Wildman–Crippen LogP) is 4.32. The predicted molar refractivity (Wildman–Crippen MR) is 112 cm³/mol. The van der Waals surface area contributed by atoms with E-state index in [-0.39, 0.29) is 0 Å². The van der Waals surface area contributed by atoms with Crippen molar-refractivity contribution in [3.05, 3.63) is 81.6 Å². The molecule has 0 aliphatic rings. The van der Waals surface area contributed by atoms with Gasteiger partial charge in [-0.3, -0.25) is 0 Å². The van der Waals surface area contributed by atoms with Gasteiger partial charge in [0.2, 0.25) is 5.69 Å². The van der Waals surface area contributed by atoms with Crippen LogP contribution >= 0.6 is 0 Å². The molecule has 2 aromatic carbocycles. The zero-order valence-electron chi connectivity index (χ0n) is 16.6. The van der Waals surface area contributed by atoms with E-state index in [4.69, 9.17) is 4.42 Å². The van der Waals surface area contributed by atoms with E-state index in [1.165, 1.54) is 4.80 Å². The van der Waals surface area contributed by atoms with E-state index in [2.05, 4.69) is 12.0 Å². The monoisotopic (exact) mass is 389 g/mol. The molecule has 2 aromatic heterocycles. The van der Waals surface area contributed by atoms with E-state index in [0.29, 0.717) is 28.9 Å². The largest absolute Gasteiger partial charge is 0.692 e. The van der Waals surface area contributed by atoms with Crippen molar-refractivity contribution in [3.63, 3.8) is 0 Å². The number of nitrogens with zero attached hydrogens (tertiary/aromatic N) is 3. The normalized spacial score (nSPS) is 11.2. The van der Waals surface area contributed by atoms with Crippen LogP contribution in [0, 0.1) is 12.1 Å². The van der Waals surface area contributed by atoms with Crippen LogP contribution in [0.25, 0.3) is 27.8 Å². The van der Waals surface area contributed by atoms with Crippen LogP contribution in [0.2, 0.25) is 0 Å². The molecule has 0 saturated heterocycles. The summed E-state index contributed by atoms with van der Waals surface area (Å²) in [4.78, 5) is 14.7. The summed E-state index contributed by atoms with van der Waals surface area (Å²) in [5.41, 5.74) is 3.30. The molecule has 0 aliphatic carbocycles. The Morgan fingerprint density at radius 2 is 1.90 bits per heavy atom. The Hall–Kier alpha value is -3.41. The molecule has 0 saturated carbocycles. The summed E-state index contributed by atoms with van der Waals surface area (Å²) in [5.74, 6) is 0. The maximum atomic E-state index is 12.8. The van der Waals surface area contributed by atoms with E-state index >= 15 is 0 Å². The summed E-state index contributed by atoms with van der Waals surface area (Å²) in [6, 6.07) is 16.6. The standard InChI is InChI=1S/C23H23N3O3/c1-3-4-6-11-21-16(2)24-25(26(21)28)19-13-12-18-14-20(17-9-7-5-8-10-17)23(27)29-22(18)15-19/h5,7-10,12-15H,3-4,6,11H2,1-2H3. The van der Waals surface area contributed by atoms with E-state index < -0.39 is 5.63 Å². The van der Waals surface area contributed by atoms with Gasteiger partial charge in [0.1, 0.15) is 11.3 Å². The smallest absolute Gasteiger partial charge is 0.344 e. The molecule has 0 unspecified atom stereocenters. The van der Waals surface area contributed by atoms with Crippen molar-refractivity contribution in [3.8, 4) is 16.8 Å². The van der Waals surface area contributed by atoms with Gasteiger partial charge in [-0.2, -0.15) is 0 Å². The SMILES string of the molecule is CCCCCc1c(C)nn(-c2ccc3cc(-c4ccccc4)c(=O)oc3c2)[n+]1[O-]. The Bertz CT molecular complexity index is 1210. The first-order valence-electron chi connectivity index (χ1n) is 9.90. The van der Waals surface area contributed by atoms with E-state index in [1.54, 1.807) is 6.07 Å². The van der Waals surface area contributed by atoms with E-state index in [1.807, 2.05) is 55.5 Å². The lowest BCUT2D eigenvalue weighted by atomic mass is 10.1. The van der Waals surface area contributed by atoms with Crippen molar-refractivity contribution in [2.45, 2.75) is 39.5 Å². The van der Waals surface area contributed by atoms with Gasteiger partial charge < -0.3 is 9.62 Å². The maximum Gasteiger partial charge on any atom is 0.344 e. The molecule has 0 fully saturated rings. The molecular formula is C23H23N3O3. The lowest BCUT2D eigenvalue weighted by Crippen LogP contribution is -2.40. The second kappa shape index (κ2) is 7.91. The number of fused-ring (bicyclic) bond motifs is 1. The first-order chi connectivity index (χ1) is 14.1. The molecule has 4 aromatic rings. The summed E-state index contributed by atoms with van der Waals surface area (Å²) < 4.78 is 5.56. The van der Waals surface area contributed by atoms with Crippen molar-refractivity contribution in [1.82, 2.24) is 9.90 Å². The summed E-state index contributed by atoms with van der Waals surface area (Å²) in [6.45, 7) is 3.98. The van der Waals surface area contributed by atoms with Crippen LogP contribution in [0.15, 0.2) is 63.8 Å². The van der Waals surface area contributed by atoms with Crippen molar-refractivity contribution in [1.29, 1.82) is 0 Å². The third-order valence-corrected chi connectivity index (χ3v) is 5.12. The highest BCUT2D eigenvalue weighted by Gasteiger charge is 2.20. The second-order valence-corrected chi connectivity index (χ2v) is 7.19. The van der Waals surface area contributed by atoms with Crippen LogP contribution in [0.3, 0.4) is 0 Å². The molecule has 2 heterocycles. The van der Waals surface area contributed by atoms with Crippen LogP contribution in [0.5, 0.6) is 0 Å². The highest BCUT2D eigenvalue weighted by atomic mass is 16.5. The van der Waals surface area contributed by atoms with Gasteiger partial charge in [0, 0.05) is 29.9 Å². The van der Waals surface area contributed by atoms with Crippen molar-refractivity contribution >= 4 is 11.0 Å². The molecular weight excluding hydrogens is 366 g/mol. The summed E-state index contributed by atoms with van der Waals surface area (Å²) in [5, 5.41) is 17.9. The van der Waals surface area contributed by atoms with Gasteiger partial charge in [-0.25, -0.2) is 4.79 Å². The number of hydrogen-bond donors (Lipinski definition) is 0. The molecule has 6 nitrogen and oxygen atoms in total. The molecule has 0 amide bonds. The summed E-state index contributed by atoms with van der Waals surface area (Å²) in [7, 11) is 0. The third-order valence-electron chi connectivity index (χ3n) is 5.12. The van der Waals surface area contributed by atoms with Crippen LogP contribution in [-0.2, 0) is 6.42 Å². The van der Waals surface area contributed by atoms with E-state index in [9.17, 15) is 10.0 Å². The Balaban J connectivity index is 1.73. The molecule has 0 aliphatic heterocycles. The number of hydrogen-bond acceptors (Lipinski definition) is 4. The first kappa shape index (κ1) is 18.9. The van der Waals surface area contributed by atoms with Gasteiger partial charge in [-0.15, -0.1) is 4.85 Å². The molecule has 4 rings (SSSR count). The second-order valence-electron chi connectivity index (χ2n) is 7.19. The summed E-state index contributed by atoms with van der Waals surface area (Å²) in [6.07, 6.45) is 3.84. The minimum absolute atomic E-state index is 0.409. The lowest BCUT2D eigenvalue weighted by molar-refractivity contribution is -0.695. The summed E-state index contributed by atoms with van der Waals surface area (Å²) >= 11 is 0. The van der Waals surface area contributed by atoms with Gasteiger partial charge in [-0.05, 0) is 35.0 Å². The minimum atomic E-state index is -0.409. The van der Waals surface area contributed by atoms with Gasteiger partial charge in [0.15, 0.2) is 5.69 Å². The Morgan fingerprint density at radius 3 is 2.66 bits per heavy atom. The van der Waals surface area contributed by atoms with Crippen molar-refractivity contribution in [2.24, 2.45) is 0 Å². The average Bonchev–Trinajstić information content (AvgIpc) is 3.02. The fourth-order valence-corrected chi connectivity index (χ4v) is 3.52. The third kappa shape index (κ3) is 3.66. The number of aryl methyl sites for hydroxylation is 1. The number of unbranched alkanes of at least 4 members (excludes halogenated alkanes) is 2. The maximum absolute atomic E-state index is 12.8. The quantitative estimate of drug-likeness (QED) is 0.213. The number of benzene rings is 2. The Morgan fingerprint density at radius 1 is 1.10 bits per heavy atom. The van der Waals surface area contributed by atoms with Crippen LogP contribution < -0.4 is 10.5 Å². The molecule has 29 heavy (non-hydrogen) atoms. The lowest BCUT2D eigenvalue weighted by Gasteiger charge is -2.08. The highest BCUT2D eigenvalue weighted by molar-refractivity contribution is 5.83. The Kier molecular flexibility index (Phi) is 5.16. The highest BCUT2D eigenvalue weighted by Crippen LogP contribution is 2.23. The molecule has 6 heteroatoms. The van der Waals surface area contributed by atoms with Crippen molar-refractivity contribution in [2.75, 3.05) is 0 Å². The fraction of sp³-hybridized carbons (Fsp3) is 0.261. The minimum Gasteiger partial charge on any atom is -0.692 e. The molecule has 0 radical (unpaired) electrons. The van der Waals surface area contributed by atoms with Gasteiger partial charge in [0.25, 0.3) is 0 Å².